The summed E-state index contributed by atoms with van der Waals surface area (Å²) in [5.41, 5.74) is 3.81. The molecule has 0 aromatic heterocycles. The van der Waals surface area contributed by atoms with Crippen molar-refractivity contribution in [1.82, 2.24) is 0 Å². The molecule has 0 aliphatic carbocycles. The molecule has 1 fully saturated rings. The van der Waals surface area contributed by atoms with E-state index in [1.807, 2.05) is 25.1 Å². The summed E-state index contributed by atoms with van der Waals surface area (Å²) in [6.45, 7) is 10.5. The average molecular weight is 341 g/mol. The summed E-state index contributed by atoms with van der Waals surface area (Å²) in [4.78, 5) is 5.87. The van der Waals surface area contributed by atoms with Gasteiger partial charge in [0.2, 0.25) is 12.5 Å². The second-order valence-electron chi connectivity index (χ2n) is 6.12. The zero-order valence-corrected chi connectivity index (χ0v) is 14.1. The van der Waals surface area contributed by atoms with E-state index < -0.39 is 0 Å². The summed E-state index contributed by atoms with van der Waals surface area (Å²) in [7, 11) is 0. The van der Waals surface area contributed by atoms with Crippen molar-refractivity contribution in [2.24, 2.45) is 0 Å². The normalized spacial score (nSPS) is 18.7. The van der Waals surface area contributed by atoms with Crippen molar-refractivity contribution in [1.29, 1.82) is 0 Å². The van der Waals surface area contributed by atoms with Crippen molar-refractivity contribution >= 4 is 23.0 Å². The number of anilines is 1. The molecule has 2 aliphatic heterocycles. The number of ether oxygens (including phenoxy) is 2. The maximum Gasteiger partial charge on any atom is 0.231 e. The van der Waals surface area contributed by atoms with E-state index in [-0.39, 0.29) is 6.04 Å². The largest absolute Gasteiger partial charge is 0.454 e. The van der Waals surface area contributed by atoms with Gasteiger partial charge in [-0.25, -0.2) is 4.85 Å². The fourth-order valence-electron chi connectivity index (χ4n) is 3.58. The number of benzene rings is 2. The fraction of sp³-hybridized carbons (Fsp3) is 0.316. The lowest BCUT2D eigenvalue weighted by molar-refractivity contribution is 0.174. The first-order valence-electron chi connectivity index (χ1n) is 8.02. The van der Waals surface area contributed by atoms with E-state index >= 15 is 0 Å². The molecular weight excluding hydrogens is 324 g/mol. The van der Waals surface area contributed by atoms with Crippen LogP contribution < -0.4 is 14.4 Å². The third-order valence-electron chi connectivity index (χ3n) is 4.80. The van der Waals surface area contributed by atoms with Crippen molar-refractivity contribution < 1.29 is 9.47 Å². The first-order chi connectivity index (χ1) is 11.7. The summed E-state index contributed by atoms with van der Waals surface area (Å²) in [5.74, 6) is 1.63. The molecule has 2 aliphatic rings. The molecule has 0 saturated carbocycles. The lowest BCUT2D eigenvalue weighted by Crippen LogP contribution is -2.23. The van der Waals surface area contributed by atoms with Crippen molar-refractivity contribution in [3.63, 3.8) is 0 Å². The lowest BCUT2D eigenvalue weighted by atomic mass is 10.0. The Kier molecular flexibility index (Phi) is 3.74. The van der Waals surface area contributed by atoms with Gasteiger partial charge in [0.1, 0.15) is 0 Å². The number of halogens is 1. The van der Waals surface area contributed by atoms with Crippen LogP contribution in [-0.4, -0.2) is 13.3 Å². The quantitative estimate of drug-likeness (QED) is 0.696. The van der Waals surface area contributed by atoms with Gasteiger partial charge in [-0.05, 0) is 49.1 Å². The molecular formula is C19H17ClN2O2. The molecule has 2 heterocycles. The number of fused-ring (bicyclic) bond motifs is 1. The molecule has 2 aromatic rings. The van der Waals surface area contributed by atoms with Gasteiger partial charge in [-0.2, -0.15) is 0 Å². The molecule has 1 atom stereocenters. The summed E-state index contributed by atoms with van der Waals surface area (Å²) in [5, 5.41) is 0.554. The van der Waals surface area contributed by atoms with E-state index in [1.54, 1.807) is 0 Å². The zero-order valence-electron chi connectivity index (χ0n) is 13.4. The van der Waals surface area contributed by atoms with Crippen LogP contribution in [0.25, 0.3) is 4.85 Å². The van der Waals surface area contributed by atoms with Gasteiger partial charge in [-0.1, -0.05) is 23.7 Å². The van der Waals surface area contributed by atoms with Crippen LogP contribution >= 0.6 is 11.6 Å². The standard InChI is InChI=1S/C19H17ClN2O2/c1-12-15(7-6-14(21-2)19(12)20)22-9-3-4-16(22)13-5-8-17-18(10-13)24-11-23-17/h5-8,10,16H,3-4,9,11H2,1H3. The van der Waals surface area contributed by atoms with Crippen molar-refractivity contribution in [2.45, 2.75) is 25.8 Å². The van der Waals surface area contributed by atoms with E-state index in [9.17, 15) is 0 Å². The van der Waals surface area contributed by atoms with Crippen LogP contribution in [0, 0.1) is 13.5 Å². The van der Waals surface area contributed by atoms with E-state index in [1.165, 1.54) is 5.56 Å². The summed E-state index contributed by atoms with van der Waals surface area (Å²) >= 11 is 6.37. The molecule has 122 valence electrons. The minimum absolute atomic E-state index is 0.285. The SMILES string of the molecule is [C-]#[N+]c1ccc(N2CCCC2c2ccc3c(c2)OCO3)c(C)c1Cl. The van der Waals surface area contributed by atoms with Crippen LogP contribution in [0.15, 0.2) is 30.3 Å². The molecule has 0 N–H and O–H groups in total. The highest BCUT2D eigenvalue weighted by Gasteiger charge is 2.29. The van der Waals surface area contributed by atoms with Gasteiger partial charge in [0, 0.05) is 12.2 Å². The van der Waals surface area contributed by atoms with Crippen molar-refractivity contribution in [3.8, 4) is 11.5 Å². The van der Waals surface area contributed by atoms with Gasteiger partial charge in [0.15, 0.2) is 11.5 Å². The van der Waals surface area contributed by atoms with Crippen molar-refractivity contribution in [3.05, 3.63) is 57.9 Å². The van der Waals surface area contributed by atoms with Crippen LogP contribution in [0.5, 0.6) is 11.5 Å². The van der Waals surface area contributed by atoms with Crippen LogP contribution in [-0.2, 0) is 0 Å². The summed E-state index contributed by atoms with van der Waals surface area (Å²) < 4.78 is 10.9. The Balaban J connectivity index is 1.71. The van der Waals surface area contributed by atoms with Crippen LogP contribution in [0.2, 0.25) is 5.02 Å². The Hall–Kier alpha value is -2.38. The molecule has 4 nitrogen and oxygen atoms in total. The lowest BCUT2D eigenvalue weighted by Gasteiger charge is -2.29. The predicted molar refractivity (Wildman–Crippen MR) is 94.3 cm³/mol. The van der Waals surface area contributed by atoms with Crippen LogP contribution in [0.3, 0.4) is 0 Å². The Morgan fingerprint density at radius 3 is 2.88 bits per heavy atom. The van der Waals surface area contributed by atoms with E-state index in [2.05, 4.69) is 21.9 Å². The topological polar surface area (TPSA) is 26.1 Å². The summed E-state index contributed by atoms with van der Waals surface area (Å²) in [6.07, 6.45) is 2.21. The van der Waals surface area contributed by atoms with E-state index in [0.29, 0.717) is 17.5 Å². The molecule has 2 aromatic carbocycles. The minimum atomic E-state index is 0.285. The first-order valence-corrected chi connectivity index (χ1v) is 8.39. The Morgan fingerprint density at radius 2 is 2.04 bits per heavy atom. The molecule has 24 heavy (non-hydrogen) atoms. The van der Waals surface area contributed by atoms with E-state index in [0.717, 1.165) is 42.1 Å². The number of nitrogens with zero attached hydrogens (tertiary/aromatic N) is 2. The second-order valence-corrected chi connectivity index (χ2v) is 6.50. The zero-order chi connectivity index (χ0) is 16.7. The highest BCUT2D eigenvalue weighted by molar-refractivity contribution is 6.34. The molecule has 0 amide bonds. The maximum atomic E-state index is 7.21. The van der Waals surface area contributed by atoms with Gasteiger partial charge >= 0.3 is 0 Å². The average Bonchev–Trinajstić information content (AvgIpc) is 3.25. The number of rotatable bonds is 2. The predicted octanol–water partition coefficient (Wildman–Crippen LogP) is 5.27. The number of hydrogen-bond acceptors (Lipinski definition) is 3. The van der Waals surface area contributed by atoms with Gasteiger partial charge < -0.3 is 14.4 Å². The highest BCUT2D eigenvalue weighted by Crippen LogP contribution is 2.43. The second kappa shape index (κ2) is 5.92. The molecule has 1 saturated heterocycles. The van der Waals surface area contributed by atoms with Crippen molar-refractivity contribution in [2.75, 3.05) is 18.2 Å². The van der Waals surface area contributed by atoms with Gasteiger partial charge in [0.25, 0.3) is 0 Å². The maximum absolute atomic E-state index is 7.21. The van der Waals surface area contributed by atoms with Gasteiger partial charge in [-0.3, -0.25) is 0 Å². The summed E-state index contributed by atoms with van der Waals surface area (Å²) in [6, 6.07) is 10.3. The monoisotopic (exact) mass is 340 g/mol. The highest BCUT2D eigenvalue weighted by atomic mass is 35.5. The molecule has 4 rings (SSSR count). The van der Waals surface area contributed by atoms with E-state index in [4.69, 9.17) is 27.6 Å². The van der Waals surface area contributed by atoms with Gasteiger partial charge in [-0.15, -0.1) is 0 Å². The Bertz CT molecular complexity index is 844. The molecule has 5 heteroatoms. The number of hydrogen-bond donors (Lipinski definition) is 0. The molecule has 0 radical (unpaired) electrons. The van der Waals surface area contributed by atoms with Crippen LogP contribution in [0.4, 0.5) is 11.4 Å². The smallest absolute Gasteiger partial charge is 0.231 e. The first kappa shape index (κ1) is 15.2. The third-order valence-corrected chi connectivity index (χ3v) is 5.28. The Labute approximate surface area is 146 Å². The minimum Gasteiger partial charge on any atom is -0.454 e. The Morgan fingerprint density at radius 1 is 1.21 bits per heavy atom. The fourth-order valence-corrected chi connectivity index (χ4v) is 3.78. The van der Waals surface area contributed by atoms with Gasteiger partial charge in [0.05, 0.1) is 17.6 Å². The molecule has 0 bridgehead atoms. The third kappa shape index (κ3) is 2.37. The van der Waals surface area contributed by atoms with Crippen LogP contribution in [0.1, 0.15) is 30.0 Å². The molecule has 0 spiro atoms. The molecule has 1 unspecified atom stereocenters.